The number of alkyl halides is 3. The SMILES string of the molecule is CCCC(Cc1ccccc1OC(F)(F)F)N1CCCCC1. The smallest absolute Gasteiger partial charge is 0.406 e. The second-order valence-electron chi connectivity index (χ2n) is 5.90. The minimum Gasteiger partial charge on any atom is -0.406 e. The summed E-state index contributed by atoms with van der Waals surface area (Å²) in [5.74, 6) is -0.0619. The number of benzene rings is 1. The quantitative estimate of drug-likeness (QED) is 0.749. The Labute approximate surface area is 130 Å². The molecule has 1 atom stereocenters. The molecular formula is C17H24F3NO. The van der Waals surface area contributed by atoms with Gasteiger partial charge in [0.2, 0.25) is 0 Å². The summed E-state index contributed by atoms with van der Waals surface area (Å²) in [4.78, 5) is 2.43. The van der Waals surface area contributed by atoms with E-state index in [1.807, 2.05) is 0 Å². The maximum Gasteiger partial charge on any atom is 0.573 e. The molecule has 1 aliphatic heterocycles. The van der Waals surface area contributed by atoms with Crippen LogP contribution in [0.3, 0.4) is 0 Å². The lowest BCUT2D eigenvalue weighted by Crippen LogP contribution is -2.40. The number of piperidine rings is 1. The second kappa shape index (κ2) is 7.86. The molecule has 1 saturated heterocycles. The van der Waals surface area contributed by atoms with Crippen LogP contribution in [-0.4, -0.2) is 30.4 Å². The van der Waals surface area contributed by atoms with Crippen LogP contribution >= 0.6 is 0 Å². The van der Waals surface area contributed by atoms with Crippen molar-refractivity contribution in [3.8, 4) is 5.75 Å². The largest absolute Gasteiger partial charge is 0.573 e. The van der Waals surface area contributed by atoms with Crippen LogP contribution in [0.4, 0.5) is 13.2 Å². The first-order chi connectivity index (χ1) is 10.5. The summed E-state index contributed by atoms with van der Waals surface area (Å²) in [5.41, 5.74) is 0.642. The van der Waals surface area contributed by atoms with E-state index in [2.05, 4.69) is 16.6 Å². The van der Waals surface area contributed by atoms with Crippen molar-refractivity contribution in [2.75, 3.05) is 13.1 Å². The molecule has 0 amide bonds. The molecule has 1 fully saturated rings. The Morgan fingerprint density at radius 1 is 1.14 bits per heavy atom. The number of halogens is 3. The zero-order chi connectivity index (χ0) is 16.0. The maximum atomic E-state index is 12.5. The molecule has 1 unspecified atom stereocenters. The Morgan fingerprint density at radius 3 is 2.45 bits per heavy atom. The molecule has 2 rings (SSSR count). The van der Waals surface area contributed by atoms with Crippen LogP contribution in [0.15, 0.2) is 24.3 Å². The van der Waals surface area contributed by atoms with Crippen molar-refractivity contribution in [1.82, 2.24) is 4.90 Å². The fourth-order valence-corrected chi connectivity index (χ4v) is 3.18. The van der Waals surface area contributed by atoms with Crippen LogP contribution in [0.2, 0.25) is 0 Å². The Balaban J connectivity index is 2.11. The van der Waals surface area contributed by atoms with Crippen molar-refractivity contribution in [3.63, 3.8) is 0 Å². The number of nitrogens with zero attached hydrogens (tertiary/aromatic N) is 1. The molecule has 1 aromatic rings. The zero-order valence-corrected chi connectivity index (χ0v) is 13.0. The molecule has 0 saturated carbocycles. The van der Waals surface area contributed by atoms with Gasteiger partial charge in [-0.1, -0.05) is 38.0 Å². The first-order valence-corrected chi connectivity index (χ1v) is 8.07. The molecule has 0 aliphatic carbocycles. The molecule has 1 heterocycles. The van der Waals surface area contributed by atoms with E-state index in [0.29, 0.717) is 18.0 Å². The van der Waals surface area contributed by atoms with E-state index in [9.17, 15) is 13.2 Å². The van der Waals surface area contributed by atoms with Gasteiger partial charge >= 0.3 is 6.36 Å². The van der Waals surface area contributed by atoms with Crippen LogP contribution < -0.4 is 4.74 Å². The van der Waals surface area contributed by atoms with Crippen LogP contribution in [0.25, 0.3) is 0 Å². The number of para-hydroxylation sites is 1. The predicted octanol–water partition coefficient (Wildman–Crippen LogP) is 4.78. The maximum absolute atomic E-state index is 12.5. The van der Waals surface area contributed by atoms with Crippen LogP contribution in [0.5, 0.6) is 5.75 Å². The van der Waals surface area contributed by atoms with Crippen molar-refractivity contribution in [3.05, 3.63) is 29.8 Å². The van der Waals surface area contributed by atoms with Gasteiger partial charge in [-0.3, -0.25) is 0 Å². The van der Waals surface area contributed by atoms with Gasteiger partial charge < -0.3 is 9.64 Å². The first-order valence-electron chi connectivity index (χ1n) is 8.07. The minimum absolute atomic E-state index is 0.0619. The Bertz CT molecular complexity index is 455. The van der Waals surface area contributed by atoms with Gasteiger partial charge in [-0.25, -0.2) is 0 Å². The topological polar surface area (TPSA) is 12.5 Å². The van der Waals surface area contributed by atoms with Crippen molar-refractivity contribution in [2.24, 2.45) is 0 Å². The Morgan fingerprint density at radius 2 is 1.82 bits per heavy atom. The van der Waals surface area contributed by atoms with E-state index >= 15 is 0 Å². The number of hydrogen-bond donors (Lipinski definition) is 0. The highest BCUT2D eigenvalue weighted by Gasteiger charge is 2.32. The summed E-state index contributed by atoms with van der Waals surface area (Å²) in [7, 11) is 0. The third-order valence-electron chi connectivity index (χ3n) is 4.18. The van der Waals surface area contributed by atoms with Gasteiger partial charge in [-0.15, -0.1) is 13.2 Å². The summed E-state index contributed by atoms with van der Waals surface area (Å²) in [6, 6.07) is 6.80. The van der Waals surface area contributed by atoms with E-state index in [1.165, 1.54) is 25.3 Å². The third kappa shape index (κ3) is 5.20. The predicted molar refractivity (Wildman–Crippen MR) is 80.9 cm³/mol. The summed E-state index contributed by atoms with van der Waals surface area (Å²) < 4.78 is 41.8. The van der Waals surface area contributed by atoms with Gasteiger partial charge in [-0.05, 0) is 50.4 Å². The lowest BCUT2D eigenvalue weighted by Gasteiger charge is -2.35. The fourth-order valence-electron chi connectivity index (χ4n) is 3.18. The molecule has 124 valence electrons. The zero-order valence-electron chi connectivity index (χ0n) is 13.0. The van der Waals surface area contributed by atoms with Gasteiger partial charge in [0.15, 0.2) is 0 Å². The van der Waals surface area contributed by atoms with Gasteiger partial charge in [0.25, 0.3) is 0 Å². The highest BCUT2D eigenvalue weighted by molar-refractivity contribution is 5.34. The lowest BCUT2D eigenvalue weighted by molar-refractivity contribution is -0.274. The van der Waals surface area contributed by atoms with Gasteiger partial charge in [0, 0.05) is 6.04 Å². The number of rotatable bonds is 6. The lowest BCUT2D eigenvalue weighted by atomic mass is 9.97. The summed E-state index contributed by atoms with van der Waals surface area (Å²) in [5, 5.41) is 0. The number of likely N-dealkylation sites (tertiary alicyclic amines) is 1. The van der Waals surface area contributed by atoms with Crippen molar-refractivity contribution in [1.29, 1.82) is 0 Å². The normalized spacial score (nSPS) is 18.2. The fraction of sp³-hybridized carbons (Fsp3) is 0.647. The van der Waals surface area contributed by atoms with Crippen molar-refractivity contribution >= 4 is 0 Å². The van der Waals surface area contributed by atoms with E-state index in [4.69, 9.17) is 0 Å². The molecule has 0 aromatic heterocycles. The van der Waals surface area contributed by atoms with Crippen LogP contribution in [0, 0.1) is 0 Å². The summed E-state index contributed by atoms with van der Waals surface area (Å²) in [6.45, 7) is 4.22. The van der Waals surface area contributed by atoms with E-state index < -0.39 is 6.36 Å². The second-order valence-corrected chi connectivity index (χ2v) is 5.90. The average Bonchev–Trinajstić information content (AvgIpc) is 2.48. The van der Waals surface area contributed by atoms with Crippen molar-refractivity contribution < 1.29 is 17.9 Å². The van der Waals surface area contributed by atoms with Crippen LogP contribution in [-0.2, 0) is 6.42 Å². The van der Waals surface area contributed by atoms with E-state index in [-0.39, 0.29) is 5.75 Å². The van der Waals surface area contributed by atoms with Crippen LogP contribution in [0.1, 0.15) is 44.6 Å². The third-order valence-corrected chi connectivity index (χ3v) is 4.18. The molecule has 2 nitrogen and oxygen atoms in total. The Hall–Kier alpha value is -1.23. The highest BCUT2D eigenvalue weighted by atomic mass is 19.4. The molecule has 0 radical (unpaired) electrons. The van der Waals surface area contributed by atoms with E-state index in [0.717, 1.165) is 25.9 Å². The monoisotopic (exact) mass is 315 g/mol. The molecule has 0 N–H and O–H groups in total. The summed E-state index contributed by atoms with van der Waals surface area (Å²) in [6.07, 6.45) is 1.62. The van der Waals surface area contributed by atoms with Gasteiger partial charge in [-0.2, -0.15) is 0 Å². The molecule has 1 aromatic carbocycles. The minimum atomic E-state index is -4.64. The molecule has 5 heteroatoms. The van der Waals surface area contributed by atoms with Crippen molar-refractivity contribution in [2.45, 2.75) is 57.9 Å². The van der Waals surface area contributed by atoms with Gasteiger partial charge in [0.1, 0.15) is 5.75 Å². The Kier molecular flexibility index (Phi) is 6.12. The van der Waals surface area contributed by atoms with E-state index in [1.54, 1.807) is 18.2 Å². The first kappa shape index (κ1) is 17.1. The molecule has 22 heavy (non-hydrogen) atoms. The number of hydrogen-bond acceptors (Lipinski definition) is 2. The molecular weight excluding hydrogens is 291 g/mol. The average molecular weight is 315 g/mol. The number of ether oxygens (including phenoxy) is 1. The summed E-state index contributed by atoms with van der Waals surface area (Å²) >= 11 is 0. The van der Waals surface area contributed by atoms with Gasteiger partial charge in [0.05, 0.1) is 0 Å². The highest BCUT2D eigenvalue weighted by Crippen LogP contribution is 2.29. The molecule has 1 aliphatic rings. The standard InChI is InChI=1S/C17H24F3NO/c1-2-8-15(21-11-6-3-7-12-21)13-14-9-4-5-10-16(14)22-17(18,19)20/h4-5,9-10,15H,2-3,6-8,11-13H2,1H3. The molecule has 0 bridgehead atoms. The molecule has 0 spiro atoms.